The Morgan fingerprint density at radius 1 is 1.06 bits per heavy atom. The summed E-state index contributed by atoms with van der Waals surface area (Å²) in [6, 6.07) is 9.47. The molecule has 1 heterocycles. The van der Waals surface area contributed by atoms with E-state index in [4.69, 9.17) is 9.84 Å². The summed E-state index contributed by atoms with van der Waals surface area (Å²) in [5, 5.41) is 14.2. The van der Waals surface area contributed by atoms with E-state index in [2.05, 4.69) is 10.6 Å². The molecule has 186 valence electrons. The molecule has 2 aliphatic rings. The van der Waals surface area contributed by atoms with Crippen LogP contribution in [0.2, 0.25) is 0 Å². The standard InChI is InChI=1S/C26H30FN3O5/c1-16-2-9-22(27)23(12-16)29-25(33)28-20-6-5-19-15-30(11-10-18(19)14-20)26(34)35-21-7-3-17(4-8-21)13-24(31)32/h2,5-6,9,12,14,17,21H,3-4,7-8,10-11,13,15H2,1H3,(H,31,32)(H2,28,29,33)/t17-,21-. The first kappa shape index (κ1) is 24.5. The van der Waals surface area contributed by atoms with Crippen LogP contribution in [0.15, 0.2) is 36.4 Å². The number of anilines is 2. The molecule has 1 aliphatic heterocycles. The molecule has 1 aliphatic carbocycles. The van der Waals surface area contributed by atoms with Gasteiger partial charge in [0, 0.05) is 25.2 Å². The summed E-state index contributed by atoms with van der Waals surface area (Å²) in [7, 11) is 0. The van der Waals surface area contributed by atoms with Gasteiger partial charge in [0.15, 0.2) is 0 Å². The number of benzene rings is 2. The van der Waals surface area contributed by atoms with Crippen LogP contribution in [0.5, 0.6) is 0 Å². The monoisotopic (exact) mass is 483 g/mol. The number of fused-ring (bicyclic) bond motifs is 1. The Kier molecular flexibility index (Phi) is 7.53. The smallest absolute Gasteiger partial charge is 0.410 e. The lowest BCUT2D eigenvalue weighted by Gasteiger charge is -2.32. The van der Waals surface area contributed by atoms with Crippen LogP contribution in [0.1, 0.15) is 48.8 Å². The molecule has 0 aromatic heterocycles. The number of hydrogen-bond donors (Lipinski definition) is 3. The number of ether oxygens (including phenoxy) is 1. The molecule has 0 spiro atoms. The quantitative estimate of drug-likeness (QED) is 0.534. The predicted molar refractivity (Wildman–Crippen MR) is 129 cm³/mol. The lowest BCUT2D eigenvalue weighted by Crippen LogP contribution is -2.39. The highest BCUT2D eigenvalue weighted by molar-refractivity contribution is 6.00. The number of hydrogen-bond acceptors (Lipinski definition) is 4. The summed E-state index contributed by atoms with van der Waals surface area (Å²) in [4.78, 5) is 37.6. The molecule has 0 atom stereocenters. The molecular formula is C26H30FN3O5. The summed E-state index contributed by atoms with van der Waals surface area (Å²) in [5.41, 5.74) is 3.55. The average molecular weight is 484 g/mol. The number of carboxylic acids is 1. The van der Waals surface area contributed by atoms with E-state index in [-0.39, 0.29) is 30.2 Å². The van der Waals surface area contributed by atoms with Gasteiger partial charge in [-0.25, -0.2) is 14.0 Å². The van der Waals surface area contributed by atoms with Gasteiger partial charge in [-0.05, 0) is 85.9 Å². The third kappa shape index (κ3) is 6.49. The van der Waals surface area contributed by atoms with Gasteiger partial charge in [0.05, 0.1) is 5.69 Å². The number of nitrogens with one attached hydrogen (secondary N) is 2. The van der Waals surface area contributed by atoms with Crippen molar-refractivity contribution in [3.63, 3.8) is 0 Å². The van der Waals surface area contributed by atoms with Gasteiger partial charge < -0.3 is 25.4 Å². The maximum Gasteiger partial charge on any atom is 0.410 e. The van der Waals surface area contributed by atoms with Crippen molar-refractivity contribution in [2.45, 2.75) is 58.1 Å². The van der Waals surface area contributed by atoms with Gasteiger partial charge in [0.25, 0.3) is 0 Å². The minimum atomic E-state index is -0.781. The second-order valence-corrected chi connectivity index (χ2v) is 9.34. The molecule has 8 nitrogen and oxygen atoms in total. The number of halogens is 1. The zero-order chi connectivity index (χ0) is 24.9. The molecule has 35 heavy (non-hydrogen) atoms. The van der Waals surface area contributed by atoms with Crippen LogP contribution in [-0.4, -0.2) is 40.7 Å². The highest BCUT2D eigenvalue weighted by atomic mass is 19.1. The predicted octanol–water partition coefficient (Wildman–Crippen LogP) is 5.31. The second kappa shape index (κ2) is 10.8. The van der Waals surface area contributed by atoms with Gasteiger partial charge in [-0.2, -0.15) is 0 Å². The number of carbonyl (C=O) groups excluding carboxylic acids is 2. The lowest BCUT2D eigenvalue weighted by molar-refractivity contribution is -0.138. The fraction of sp³-hybridized carbons (Fsp3) is 0.423. The highest BCUT2D eigenvalue weighted by Gasteiger charge is 2.28. The fourth-order valence-corrected chi connectivity index (χ4v) is 4.72. The Hall–Kier alpha value is -3.62. The van der Waals surface area contributed by atoms with E-state index in [1.165, 1.54) is 6.07 Å². The molecule has 0 saturated heterocycles. The van der Waals surface area contributed by atoms with Crippen LogP contribution < -0.4 is 10.6 Å². The molecule has 0 unspecified atom stereocenters. The van der Waals surface area contributed by atoms with E-state index in [9.17, 15) is 18.8 Å². The Bertz CT molecular complexity index is 1110. The van der Waals surface area contributed by atoms with Gasteiger partial charge in [-0.1, -0.05) is 12.1 Å². The van der Waals surface area contributed by atoms with Crippen LogP contribution >= 0.6 is 0 Å². The van der Waals surface area contributed by atoms with Crippen molar-refractivity contribution in [3.05, 3.63) is 58.9 Å². The number of aryl methyl sites for hydroxylation is 1. The van der Waals surface area contributed by atoms with E-state index >= 15 is 0 Å². The number of amides is 3. The van der Waals surface area contributed by atoms with Crippen molar-refractivity contribution in [3.8, 4) is 0 Å². The third-order valence-corrected chi connectivity index (χ3v) is 6.63. The number of aliphatic carboxylic acids is 1. The molecular weight excluding hydrogens is 453 g/mol. The minimum Gasteiger partial charge on any atom is -0.481 e. The van der Waals surface area contributed by atoms with E-state index in [1.807, 2.05) is 19.1 Å². The lowest BCUT2D eigenvalue weighted by atomic mass is 9.85. The third-order valence-electron chi connectivity index (χ3n) is 6.63. The average Bonchev–Trinajstić information content (AvgIpc) is 2.82. The maximum atomic E-state index is 13.9. The van der Waals surface area contributed by atoms with Crippen molar-refractivity contribution in [2.24, 2.45) is 5.92 Å². The Morgan fingerprint density at radius 3 is 2.57 bits per heavy atom. The summed E-state index contributed by atoms with van der Waals surface area (Å²) in [6.07, 6.45) is 3.18. The number of carboxylic acid groups (broad SMARTS) is 1. The van der Waals surface area contributed by atoms with Crippen molar-refractivity contribution in [2.75, 3.05) is 17.2 Å². The van der Waals surface area contributed by atoms with Gasteiger partial charge in [0.2, 0.25) is 0 Å². The second-order valence-electron chi connectivity index (χ2n) is 9.34. The largest absolute Gasteiger partial charge is 0.481 e. The molecule has 1 saturated carbocycles. The summed E-state index contributed by atoms with van der Waals surface area (Å²) in [5.74, 6) is -1.13. The SMILES string of the molecule is Cc1ccc(F)c(NC(=O)Nc2ccc3c(c2)CCN(C(=O)O[C@H]2CC[C@H](CC(=O)O)CC2)C3)c1. The van der Waals surface area contributed by atoms with Gasteiger partial charge in [-0.15, -0.1) is 0 Å². The molecule has 0 bridgehead atoms. The van der Waals surface area contributed by atoms with E-state index in [1.54, 1.807) is 23.1 Å². The first-order valence-corrected chi connectivity index (χ1v) is 11.9. The van der Waals surface area contributed by atoms with Crippen molar-refractivity contribution < 1.29 is 28.6 Å². The molecule has 3 amide bonds. The van der Waals surface area contributed by atoms with E-state index in [0.29, 0.717) is 38.0 Å². The van der Waals surface area contributed by atoms with Crippen LogP contribution in [0.25, 0.3) is 0 Å². The molecule has 9 heteroatoms. The first-order valence-electron chi connectivity index (χ1n) is 11.9. The molecule has 3 N–H and O–H groups in total. The van der Waals surface area contributed by atoms with Crippen molar-refractivity contribution >= 4 is 29.5 Å². The number of carbonyl (C=O) groups is 3. The maximum absolute atomic E-state index is 13.9. The normalized spacial score (nSPS) is 19.4. The Labute approximate surface area is 203 Å². The van der Waals surface area contributed by atoms with Crippen LogP contribution in [0, 0.1) is 18.7 Å². The summed E-state index contributed by atoms with van der Waals surface area (Å²) >= 11 is 0. The van der Waals surface area contributed by atoms with Crippen LogP contribution in [-0.2, 0) is 22.5 Å². The van der Waals surface area contributed by atoms with Gasteiger partial charge in [-0.3, -0.25) is 4.79 Å². The molecule has 4 rings (SSSR count). The molecule has 2 aromatic rings. The molecule has 2 aromatic carbocycles. The topological polar surface area (TPSA) is 108 Å². The fourth-order valence-electron chi connectivity index (χ4n) is 4.72. The Balaban J connectivity index is 1.28. The zero-order valence-electron chi connectivity index (χ0n) is 19.7. The number of nitrogens with zero attached hydrogens (tertiary/aromatic N) is 1. The van der Waals surface area contributed by atoms with E-state index < -0.39 is 17.8 Å². The highest BCUT2D eigenvalue weighted by Crippen LogP contribution is 2.30. The van der Waals surface area contributed by atoms with Gasteiger partial charge in [0.1, 0.15) is 11.9 Å². The molecule has 1 fully saturated rings. The van der Waals surface area contributed by atoms with Gasteiger partial charge >= 0.3 is 18.1 Å². The Morgan fingerprint density at radius 2 is 1.83 bits per heavy atom. The minimum absolute atomic E-state index is 0.116. The van der Waals surface area contributed by atoms with Crippen molar-refractivity contribution in [1.29, 1.82) is 0 Å². The summed E-state index contributed by atoms with van der Waals surface area (Å²) in [6.45, 7) is 2.74. The van der Waals surface area contributed by atoms with Crippen LogP contribution in [0.4, 0.5) is 25.4 Å². The zero-order valence-corrected chi connectivity index (χ0v) is 19.7. The van der Waals surface area contributed by atoms with Crippen molar-refractivity contribution in [1.82, 2.24) is 4.90 Å². The number of rotatable bonds is 5. The first-order chi connectivity index (χ1) is 16.8. The van der Waals surface area contributed by atoms with Crippen LogP contribution in [0.3, 0.4) is 0 Å². The summed E-state index contributed by atoms with van der Waals surface area (Å²) < 4.78 is 19.6. The van der Waals surface area contributed by atoms with E-state index in [0.717, 1.165) is 29.5 Å². The molecule has 0 radical (unpaired) electrons. The number of urea groups is 1.